The Labute approximate surface area is 181 Å². The zero-order valence-corrected chi connectivity index (χ0v) is 18.8. The average Bonchev–Trinajstić information content (AvgIpc) is 3.17. The van der Waals surface area contributed by atoms with Crippen LogP contribution in [0.3, 0.4) is 0 Å². The van der Waals surface area contributed by atoms with E-state index in [2.05, 4.69) is 19.0 Å². The van der Waals surface area contributed by atoms with Crippen molar-refractivity contribution in [3.8, 4) is 5.88 Å². The smallest absolute Gasteiger partial charge is 0.331 e. The number of nitrogens with zero attached hydrogens (tertiary/aromatic N) is 3. The number of morpholine rings is 1. The van der Waals surface area contributed by atoms with E-state index in [1.165, 1.54) is 6.08 Å². The largest absolute Gasteiger partial charge is 0.470 e. The van der Waals surface area contributed by atoms with Gasteiger partial charge in [0.15, 0.2) is 6.29 Å². The molecule has 1 unspecified atom stereocenters. The highest BCUT2D eigenvalue weighted by atomic mass is 32.1. The van der Waals surface area contributed by atoms with Crippen molar-refractivity contribution in [1.29, 1.82) is 0 Å². The number of carbonyl (C=O) groups is 1. The van der Waals surface area contributed by atoms with Gasteiger partial charge in [0.25, 0.3) is 5.88 Å². The van der Waals surface area contributed by atoms with E-state index in [0.29, 0.717) is 38.1 Å². The van der Waals surface area contributed by atoms with Crippen LogP contribution in [0.15, 0.2) is 12.2 Å². The maximum absolute atomic E-state index is 12.2. The van der Waals surface area contributed by atoms with Crippen molar-refractivity contribution >= 4 is 23.5 Å². The molecule has 1 fully saturated rings. The molecule has 0 aliphatic carbocycles. The number of aliphatic hydroxyl groups excluding tert-OH is 1. The molecule has 0 aromatic carbocycles. The van der Waals surface area contributed by atoms with E-state index in [4.69, 9.17) is 18.9 Å². The number of nitrogens with one attached hydrogen (secondary N) is 1. The number of carbonyl (C=O) groups excluding carboxylic acids is 1. The van der Waals surface area contributed by atoms with Crippen LogP contribution in [0.1, 0.15) is 27.7 Å². The second-order valence-electron chi connectivity index (χ2n) is 7.70. The maximum Gasteiger partial charge on any atom is 0.331 e. The molecule has 0 bridgehead atoms. The van der Waals surface area contributed by atoms with Crippen molar-refractivity contribution in [3.05, 3.63) is 12.2 Å². The molecular formula is C19H32N4O6S. The molecule has 170 valence electrons. The first-order valence-electron chi connectivity index (χ1n) is 10.00. The maximum atomic E-state index is 12.2. The molecule has 30 heavy (non-hydrogen) atoms. The normalized spacial score (nSPS) is 17.2. The number of hydrogen-bond acceptors (Lipinski definition) is 11. The molecule has 0 spiro atoms. The monoisotopic (exact) mass is 444 g/mol. The van der Waals surface area contributed by atoms with Crippen LogP contribution in [0.2, 0.25) is 0 Å². The summed E-state index contributed by atoms with van der Waals surface area (Å²) >= 11 is 1.08. The predicted molar refractivity (Wildman–Crippen MR) is 113 cm³/mol. The first-order chi connectivity index (χ1) is 14.3. The molecule has 10 nitrogen and oxygen atoms in total. The molecule has 0 amide bonds. The highest BCUT2D eigenvalue weighted by Gasteiger charge is 2.23. The molecule has 1 saturated heterocycles. The van der Waals surface area contributed by atoms with Crippen LogP contribution in [0, 0.1) is 0 Å². The fourth-order valence-electron chi connectivity index (χ4n) is 2.55. The van der Waals surface area contributed by atoms with Crippen molar-refractivity contribution in [2.75, 3.05) is 51.0 Å². The molecule has 2 rings (SSSR count). The van der Waals surface area contributed by atoms with Crippen molar-refractivity contribution in [2.45, 2.75) is 45.6 Å². The molecule has 2 atom stereocenters. The standard InChI is InChI=1S/C19H32N4O6S/c1-5-27-15(24)6-7-16(25)29-14(12-20-19(2,3)4)13-28-18-17(21-30-22-18)23-8-10-26-11-9-23/h6-7,14-15,20,24H,5,8-13H2,1-4H3/b7-6-/t14-,15?/m0/s1. The Morgan fingerprint density at radius 3 is 2.77 bits per heavy atom. The number of rotatable bonds is 11. The fourth-order valence-corrected chi connectivity index (χ4v) is 3.07. The Balaban J connectivity index is 1.96. The molecule has 1 aromatic heterocycles. The van der Waals surface area contributed by atoms with Crippen LogP contribution >= 0.6 is 11.7 Å². The van der Waals surface area contributed by atoms with Gasteiger partial charge in [-0.3, -0.25) is 0 Å². The van der Waals surface area contributed by atoms with Crippen molar-refractivity contribution in [1.82, 2.24) is 14.1 Å². The van der Waals surface area contributed by atoms with E-state index < -0.39 is 18.4 Å². The molecule has 2 heterocycles. The highest BCUT2D eigenvalue weighted by Crippen LogP contribution is 2.26. The average molecular weight is 445 g/mol. The molecule has 1 aromatic rings. The minimum atomic E-state index is -1.15. The second-order valence-corrected chi connectivity index (χ2v) is 8.23. The topological polar surface area (TPSA) is 115 Å². The second kappa shape index (κ2) is 12.2. The lowest BCUT2D eigenvalue weighted by Crippen LogP contribution is -2.44. The molecular weight excluding hydrogens is 412 g/mol. The Kier molecular flexibility index (Phi) is 9.92. The van der Waals surface area contributed by atoms with Crippen LogP contribution in [-0.4, -0.2) is 83.8 Å². The lowest BCUT2D eigenvalue weighted by atomic mass is 10.1. The van der Waals surface area contributed by atoms with Crippen molar-refractivity contribution in [3.63, 3.8) is 0 Å². The number of ether oxygens (including phenoxy) is 4. The van der Waals surface area contributed by atoms with Gasteiger partial charge < -0.3 is 34.3 Å². The summed E-state index contributed by atoms with van der Waals surface area (Å²) in [5.74, 6) is 0.501. The minimum absolute atomic E-state index is 0.111. The summed E-state index contributed by atoms with van der Waals surface area (Å²) in [7, 11) is 0. The van der Waals surface area contributed by atoms with Gasteiger partial charge in [0, 0.05) is 37.9 Å². The molecule has 0 saturated carbocycles. The summed E-state index contributed by atoms with van der Waals surface area (Å²) in [5, 5.41) is 12.8. The third kappa shape index (κ3) is 8.92. The Hall–Kier alpha value is -1.79. The third-order valence-corrected chi connectivity index (χ3v) is 4.54. The lowest BCUT2D eigenvalue weighted by molar-refractivity contribution is -0.144. The number of esters is 1. The van der Waals surface area contributed by atoms with Gasteiger partial charge in [-0.25, -0.2) is 4.79 Å². The summed E-state index contributed by atoms with van der Waals surface area (Å²) in [6, 6.07) is 0. The van der Waals surface area contributed by atoms with Gasteiger partial charge in [-0.15, -0.1) is 4.37 Å². The lowest BCUT2D eigenvalue weighted by Gasteiger charge is -2.27. The molecule has 11 heteroatoms. The van der Waals surface area contributed by atoms with Gasteiger partial charge in [-0.2, -0.15) is 4.37 Å². The first kappa shape index (κ1) is 24.5. The Bertz CT molecular complexity index is 672. The SMILES string of the molecule is CCOC(O)/C=C\C(=O)O[C@@H](CNC(C)(C)C)COc1nsnc1N1CCOCC1. The summed E-state index contributed by atoms with van der Waals surface area (Å²) < 4.78 is 30.2. The third-order valence-electron chi connectivity index (χ3n) is 4.04. The summed E-state index contributed by atoms with van der Waals surface area (Å²) in [5.41, 5.74) is -0.160. The molecule has 0 radical (unpaired) electrons. The van der Waals surface area contributed by atoms with Gasteiger partial charge >= 0.3 is 5.97 Å². The van der Waals surface area contributed by atoms with Crippen molar-refractivity contribution < 1.29 is 28.8 Å². The van der Waals surface area contributed by atoms with Gasteiger partial charge in [0.1, 0.15) is 12.7 Å². The Morgan fingerprint density at radius 2 is 2.10 bits per heavy atom. The molecule has 1 aliphatic heterocycles. The highest BCUT2D eigenvalue weighted by molar-refractivity contribution is 6.99. The zero-order valence-electron chi connectivity index (χ0n) is 18.0. The van der Waals surface area contributed by atoms with E-state index >= 15 is 0 Å². The van der Waals surface area contributed by atoms with E-state index in [1.54, 1.807) is 6.92 Å². The molecule has 1 aliphatic rings. The quantitative estimate of drug-likeness (QED) is 0.290. The van der Waals surface area contributed by atoms with Gasteiger partial charge in [-0.1, -0.05) is 0 Å². The number of aliphatic hydroxyl groups is 1. The van der Waals surface area contributed by atoms with E-state index in [9.17, 15) is 9.90 Å². The predicted octanol–water partition coefficient (Wildman–Crippen LogP) is 0.965. The first-order valence-corrected chi connectivity index (χ1v) is 10.7. The van der Waals surface area contributed by atoms with E-state index in [1.807, 2.05) is 20.8 Å². The van der Waals surface area contributed by atoms with Crippen LogP contribution in [-0.2, 0) is 19.0 Å². The van der Waals surface area contributed by atoms with Crippen LogP contribution in [0.4, 0.5) is 5.82 Å². The number of aromatic nitrogens is 2. The van der Waals surface area contributed by atoms with E-state index in [-0.39, 0.29) is 12.1 Å². The van der Waals surface area contributed by atoms with Crippen LogP contribution in [0.25, 0.3) is 0 Å². The Morgan fingerprint density at radius 1 is 1.37 bits per heavy atom. The van der Waals surface area contributed by atoms with Gasteiger partial charge in [0.2, 0.25) is 5.82 Å². The summed E-state index contributed by atoms with van der Waals surface area (Å²) in [6.07, 6.45) is 0.669. The van der Waals surface area contributed by atoms with Gasteiger partial charge in [0.05, 0.1) is 24.9 Å². The van der Waals surface area contributed by atoms with Crippen LogP contribution in [0.5, 0.6) is 5.88 Å². The van der Waals surface area contributed by atoms with E-state index in [0.717, 1.165) is 30.9 Å². The number of anilines is 1. The number of hydrogen-bond donors (Lipinski definition) is 2. The molecule has 2 N–H and O–H groups in total. The van der Waals surface area contributed by atoms with Gasteiger partial charge in [-0.05, 0) is 33.8 Å². The summed E-state index contributed by atoms with van der Waals surface area (Å²) in [6.45, 7) is 11.3. The van der Waals surface area contributed by atoms with Crippen LogP contribution < -0.4 is 15.0 Å². The zero-order chi connectivity index (χ0) is 22.0. The fraction of sp³-hybridized carbons (Fsp3) is 0.737. The van der Waals surface area contributed by atoms with Crippen molar-refractivity contribution in [2.24, 2.45) is 0 Å². The summed E-state index contributed by atoms with van der Waals surface area (Å²) in [4.78, 5) is 14.2. The minimum Gasteiger partial charge on any atom is -0.470 e.